The van der Waals surface area contributed by atoms with Crippen LogP contribution in [0.3, 0.4) is 0 Å². The van der Waals surface area contributed by atoms with E-state index in [1.54, 1.807) is 24.4 Å². The summed E-state index contributed by atoms with van der Waals surface area (Å²) >= 11 is 0. The lowest BCUT2D eigenvalue weighted by Crippen LogP contribution is -1.87. The van der Waals surface area contributed by atoms with Crippen LogP contribution in [-0.4, -0.2) is 18.4 Å². The number of nitrogens with zero attached hydrogens (tertiary/aromatic N) is 1. The zero-order chi connectivity index (χ0) is 13.8. The third-order valence-corrected chi connectivity index (χ3v) is 2.92. The predicted octanol–water partition coefficient (Wildman–Crippen LogP) is 3.77. The zero-order valence-corrected chi connectivity index (χ0v) is 11.3. The van der Waals surface area contributed by atoms with Crippen LogP contribution in [0.5, 0.6) is 11.5 Å². The SMILES string of the molecule is COc1cc(C=Nc2cc(C)ccc2C)ccc1O. The molecule has 0 aromatic heterocycles. The number of aliphatic imine (C=N–C) groups is 1. The summed E-state index contributed by atoms with van der Waals surface area (Å²) < 4.78 is 5.07. The lowest BCUT2D eigenvalue weighted by molar-refractivity contribution is 0.373. The monoisotopic (exact) mass is 255 g/mol. The molecule has 0 bridgehead atoms. The van der Waals surface area contributed by atoms with Crippen LogP contribution < -0.4 is 4.74 Å². The molecule has 0 heterocycles. The average Bonchev–Trinajstić information content (AvgIpc) is 2.41. The molecular formula is C16H17NO2. The summed E-state index contributed by atoms with van der Waals surface area (Å²) in [5.41, 5.74) is 4.15. The normalized spacial score (nSPS) is 10.9. The molecule has 0 saturated heterocycles. The number of aryl methyl sites for hydroxylation is 2. The first-order valence-electron chi connectivity index (χ1n) is 6.08. The van der Waals surface area contributed by atoms with E-state index in [-0.39, 0.29) is 5.75 Å². The first-order valence-corrected chi connectivity index (χ1v) is 6.08. The second kappa shape index (κ2) is 5.57. The van der Waals surface area contributed by atoms with E-state index < -0.39 is 0 Å². The van der Waals surface area contributed by atoms with Crippen molar-refractivity contribution in [3.63, 3.8) is 0 Å². The number of ether oxygens (including phenoxy) is 1. The molecule has 19 heavy (non-hydrogen) atoms. The number of benzene rings is 2. The molecule has 0 aliphatic rings. The number of aromatic hydroxyl groups is 1. The molecule has 1 N–H and O–H groups in total. The minimum atomic E-state index is 0.131. The van der Waals surface area contributed by atoms with E-state index in [4.69, 9.17) is 4.74 Å². The van der Waals surface area contributed by atoms with Crippen LogP contribution in [0.4, 0.5) is 5.69 Å². The van der Waals surface area contributed by atoms with Gasteiger partial charge in [0.2, 0.25) is 0 Å². The van der Waals surface area contributed by atoms with E-state index in [1.807, 2.05) is 19.9 Å². The van der Waals surface area contributed by atoms with Gasteiger partial charge in [0.25, 0.3) is 0 Å². The Morgan fingerprint density at radius 2 is 1.89 bits per heavy atom. The van der Waals surface area contributed by atoms with Crippen molar-refractivity contribution in [1.82, 2.24) is 0 Å². The molecule has 3 nitrogen and oxygen atoms in total. The van der Waals surface area contributed by atoms with Crippen molar-refractivity contribution < 1.29 is 9.84 Å². The first-order chi connectivity index (χ1) is 9.10. The van der Waals surface area contributed by atoms with Gasteiger partial charge in [-0.15, -0.1) is 0 Å². The van der Waals surface area contributed by atoms with Gasteiger partial charge >= 0.3 is 0 Å². The zero-order valence-electron chi connectivity index (χ0n) is 11.3. The van der Waals surface area contributed by atoms with Gasteiger partial charge in [0.15, 0.2) is 11.5 Å². The highest BCUT2D eigenvalue weighted by Gasteiger charge is 2.01. The largest absolute Gasteiger partial charge is 0.504 e. The number of methoxy groups -OCH3 is 1. The Kier molecular flexibility index (Phi) is 3.85. The molecule has 3 heteroatoms. The highest BCUT2D eigenvalue weighted by molar-refractivity contribution is 5.83. The second-order valence-electron chi connectivity index (χ2n) is 4.48. The van der Waals surface area contributed by atoms with Gasteiger partial charge in [0.05, 0.1) is 12.8 Å². The Balaban J connectivity index is 2.29. The van der Waals surface area contributed by atoms with Crippen LogP contribution in [0.1, 0.15) is 16.7 Å². The number of phenols is 1. The van der Waals surface area contributed by atoms with Crippen molar-refractivity contribution in [1.29, 1.82) is 0 Å². The molecule has 0 spiro atoms. The van der Waals surface area contributed by atoms with Crippen LogP contribution in [0.25, 0.3) is 0 Å². The molecule has 0 aliphatic heterocycles. The third kappa shape index (κ3) is 3.13. The Hall–Kier alpha value is -2.29. The summed E-state index contributed by atoms with van der Waals surface area (Å²) in [6.07, 6.45) is 1.77. The van der Waals surface area contributed by atoms with Crippen LogP contribution in [-0.2, 0) is 0 Å². The third-order valence-electron chi connectivity index (χ3n) is 2.92. The Bertz CT molecular complexity index is 618. The molecule has 0 aliphatic carbocycles. The average molecular weight is 255 g/mol. The highest BCUT2D eigenvalue weighted by atomic mass is 16.5. The van der Waals surface area contributed by atoms with Gasteiger partial charge in [-0.2, -0.15) is 0 Å². The van der Waals surface area contributed by atoms with Gasteiger partial charge in [-0.1, -0.05) is 12.1 Å². The molecular weight excluding hydrogens is 238 g/mol. The lowest BCUT2D eigenvalue weighted by atomic mass is 10.1. The number of rotatable bonds is 3. The molecule has 2 aromatic rings. The maximum absolute atomic E-state index is 9.53. The van der Waals surface area contributed by atoms with Crippen LogP contribution >= 0.6 is 0 Å². The molecule has 0 unspecified atom stereocenters. The summed E-state index contributed by atoms with van der Waals surface area (Å²) in [5.74, 6) is 0.580. The molecule has 0 fully saturated rings. The van der Waals surface area contributed by atoms with E-state index in [2.05, 4.69) is 17.1 Å². The Labute approximate surface area is 113 Å². The summed E-state index contributed by atoms with van der Waals surface area (Å²) in [6, 6.07) is 11.3. The van der Waals surface area contributed by atoms with E-state index in [1.165, 1.54) is 12.7 Å². The van der Waals surface area contributed by atoms with Gasteiger partial charge < -0.3 is 9.84 Å². The van der Waals surface area contributed by atoms with Crippen LogP contribution in [0, 0.1) is 13.8 Å². The topological polar surface area (TPSA) is 41.8 Å². The van der Waals surface area contributed by atoms with Crippen molar-refractivity contribution >= 4 is 11.9 Å². The summed E-state index contributed by atoms with van der Waals surface area (Å²) in [5, 5.41) is 9.53. The van der Waals surface area contributed by atoms with Gasteiger partial charge in [-0.25, -0.2) is 0 Å². The van der Waals surface area contributed by atoms with Gasteiger partial charge in [-0.3, -0.25) is 4.99 Å². The maximum Gasteiger partial charge on any atom is 0.161 e. The predicted molar refractivity (Wildman–Crippen MR) is 77.8 cm³/mol. The fourth-order valence-corrected chi connectivity index (χ4v) is 1.78. The molecule has 2 rings (SSSR count). The quantitative estimate of drug-likeness (QED) is 0.848. The summed E-state index contributed by atoms with van der Waals surface area (Å²) in [7, 11) is 1.53. The van der Waals surface area contributed by atoms with E-state index in [0.29, 0.717) is 5.75 Å². The van der Waals surface area contributed by atoms with Crippen molar-refractivity contribution in [3.05, 3.63) is 53.1 Å². The molecule has 0 atom stereocenters. The van der Waals surface area contributed by atoms with E-state index >= 15 is 0 Å². The molecule has 0 saturated carbocycles. The second-order valence-corrected chi connectivity index (χ2v) is 4.48. The highest BCUT2D eigenvalue weighted by Crippen LogP contribution is 2.26. The number of phenolic OH excluding ortho intramolecular Hbond substituents is 1. The summed E-state index contributed by atoms with van der Waals surface area (Å²) in [6.45, 7) is 4.07. The van der Waals surface area contributed by atoms with Crippen molar-refractivity contribution in [2.24, 2.45) is 4.99 Å². The summed E-state index contributed by atoms with van der Waals surface area (Å²) in [4.78, 5) is 4.48. The van der Waals surface area contributed by atoms with Crippen LogP contribution in [0.2, 0.25) is 0 Å². The fourth-order valence-electron chi connectivity index (χ4n) is 1.78. The van der Waals surface area contributed by atoms with Gasteiger partial charge in [-0.05, 0) is 54.8 Å². The molecule has 0 amide bonds. The standard InChI is InChI=1S/C16H17NO2/c1-11-4-5-12(2)14(8-11)17-10-13-6-7-15(18)16(9-13)19-3/h4-10,18H,1-3H3. The molecule has 98 valence electrons. The number of hydrogen-bond donors (Lipinski definition) is 1. The Morgan fingerprint density at radius 1 is 1.11 bits per heavy atom. The lowest BCUT2D eigenvalue weighted by Gasteiger charge is -2.04. The molecule has 2 aromatic carbocycles. The first kappa shape index (κ1) is 13.1. The van der Waals surface area contributed by atoms with E-state index in [9.17, 15) is 5.11 Å². The van der Waals surface area contributed by atoms with Crippen molar-refractivity contribution in [3.8, 4) is 11.5 Å². The minimum absolute atomic E-state index is 0.131. The van der Waals surface area contributed by atoms with Crippen LogP contribution in [0.15, 0.2) is 41.4 Å². The minimum Gasteiger partial charge on any atom is -0.504 e. The van der Waals surface area contributed by atoms with E-state index in [0.717, 1.165) is 16.8 Å². The Morgan fingerprint density at radius 3 is 2.63 bits per heavy atom. The maximum atomic E-state index is 9.53. The molecule has 0 radical (unpaired) electrons. The van der Waals surface area contributed by atoms with Crippen molar-refractivity contribution in [2.45, 2.75) is 13.8 Å². The smallest absolute Gasteiger partial charge is 0.161 e. The number of hydrogen-bond acceptors (Lipinski definition) is 3. The fraction of sp³-hybridized carbons (Fsp3) is 0.188. The van der Waals surface area contributed by atoms with Gasteiger partial charge in [0.1, 0.15) is 0 Å². The van der Waals surface area contributed by atoms with Gasteiger partial charge in [0, 0.05) is 6.21 Å². The van der Waals surface area contributed by atoms with Crippen molar-refractivity contribution in [2.75, 3.05) is 7.11 Å².